The highest BCUT2D eigenvalue weighted by Crippen LogP contribution is 2.17. The molecule has 0 aliphatic rings. The van der Waals surface area contributed by atoms with Crippen molar-refractivity contribution < 1.29 is 4.42 Å². The smallest absolute Gasteiger partial charge is 0.195 e. The Morgan fingerprint density at radius 2 is 2.31 bits per heavy atom. The summed E-state index contributed by atoms with van der Waals surface area (Å²) < 4.78 is 5.27. The first kappa shape index (κ1) is 8.38. The van der Waals surface area contributed by atoms with Gasteiger partial charge in [0.1, 0.15) is 0 Å². The van der Waals surface area contributed by atoms with Crippen molar-refractivity contribution in [1.82, 2.24) is 0 Å². The van der Waals surface area contributed by atoms with Crippen molar-refractivity contribution in [2.45, 2.75) is 6.54 Å². The van der Waals surface area contributed by atoms with E-state index in [1.54, 1.807) is 17.6 Å². The van der Waals surface area contributed by atoms with Crippen molar-refractivity contribution in [2.24, 2.45) is 0 Å². The standard InChI is InChI=1S/C10H11NOS/c1-11(10-5-2-6-12-10)8-9-4-3-7-13-9/h2-7H,8H2,1H3. The van der Waals surface area contributed by atoms with Crippen LogP contribution < -0.4 is 4.90 Å². The number of thiophene rings is 1. The van der Waals surface area contributed by atoms with Crippen molar-refractivity contribution >= 4 is 17.2 Å². The molecule has 13 heavy (non-hydrogen) atoms. The predicted octanol–water partition coefficient (Wildman–Crippen LogP) is 2.98. The van der Waals surface area contributed by atoms with Gasteiger partial charge >= 0.3 is 0 Å². The minimum Gasteiger partial charge on any atom is -0.449 e. The van der Waals surface area contributed by atoms with Crippen molar-refractivity contribution in [1.29, 1.82) is 0 Å². The zero-order valence-electron chi connectivity index (χ0n) is 7.43. The van der Waals surface area contributed by atoms with Crippen molar-refractivity contribution in [3.63, 3.8) is 0 Å². The summed E-state index contributed by atoms with van der Waals surface area (Å²) in [5.41, 5.74) is 0. The van der Waals surface area contributed by atoms with Crippen LogP contribution in [-0.4, -0.2) is 7.05 Å². The highest BCUT2D eigenvalue weighted by Gasteiger charge is 2.03. The molecule has 0 unspecified atom stereocenters. The van der Waals surface area contributed by atoms with E-state index in [0.717, 1.165) is 12.4 Å². The van der Waals surface area contributed by atoms with Gasteiger partial charge < -0.3 is 9.32 Å². The topological polar surface area (TPSA) is 16.4 Å². The summed E-state index contributed by atoms with van der Waals surface area (Å²) >= 11 is 1.77. The summed E-state index contributed by atoms with van der Waals surface area (Å²) in [6.07, 6.45) is 1.69. The molecule has 0 N–H and O–H groups in total. The summed E-state index contributed by atoms with van der Waals surface area (Å²) in [6, 6.07) is 8.06. The van der Waals surface area contributed by atoms with Crippen LogP contribution in [0.5, 0.6) is 0 Å². The molecule has 68 valence electrons. The Morgan fingerprint density at radius 3 is 2.92 bits per heavy atom. The lowest BCUT2D eigenvalue weighted by Gasteiger charge is -2.13. The number of anilines is 1. The highest BCUT2D eigenvalue weighted by molar-refractivity contribution is 7.09. The Labute approximate surface area is 81.4 Å². The molecule has 3 heteroatoms. The van der Waals surface area contributed by atoms with E-state index in [9.17, 15) is 0 Å². The molecule has 0 aliphatic carbocycles. The van der Waals surface area contributed by atoms with Gasteiger partial charge in [0.25, 0.3) is 0 Å². The molecule has 2 heterocycles. The number of rotatable bonds is 3. The molecule has 2 aromatic heterocycles. The summed E-state index contributed by atoms with van der Waals surface area (Å²) in [5, 5.41) is 2.09. The van der Waals surface area contributed by atoms with Crippen molar-refractivity contribution in [3.8, 4) is 0 Å². The van der Waals surface area contributed by atoms with Gasteiger partial charge in [-0.3, -0.25) is 0 Å². The van der Waals surface area contributed by atoms with Crippen LogP contribution in [0.3, 0.4) is 0 Å². The molecule has 2 nitrogen and oxygen atoms in total. The lowest BCUT2D eigenvalue weighted by Crippen LogP contribution is -2.14. The van der Waals surface area contributed by atoms with E-state index in [0.29, 0.717) is 0 Å². The Kier molecular flexibility index (Phi) is 2.36. The Balaban J connectivity index is 2.04. The van der Waals surface area contributed by atoms with Gasteiger partial charge in [0.05, 0.1) is 12.8 Å². The van der Waals surface area contributed by atoms with E-state index < -0.39 is 0 Å². The molecule has 0 spiro atoms. The first-order valence-electron chi connectivity index (χ1n) is 4.13. The quantitative estimate of drug-likeness (QED) is 0.745. The zero-order chi connectivity index (χ0) is 9.10. The van der Waals surface area contributed by atoms with Crippen LogP contribution in [-0.2, 0) is 6.54 Å². The van der Waals surface area contributed by atoms with Crippen LogP contribution >= 0.6 is 11.3 Å². The Morgan fingerprint density at radius 1 is 1.38 bits per heavy atom. The monoisotopic (exact) mass is 193 g/mol. The van der Waals surface area contributed by atoms with Gasteiger partial charge in [-0.25, -0.2) is 0 Å². The first-order valence-corrected chi connectivity index (χ1v) is 5.01. The fourth-order valence-corrected chi connectivity index (χ4v) is 1.96. The molecule has 0 radical (unpaired) electrons. The van der Waals surface area contributed by atoms with Gasteiger partial charge in [0.15, 0.2) is 5.88 Å². The average Bonchev–Trinajstić information content (AvgIpc) is 2.74. The van der Waals surface area contributed by atoms with E-state index in [1.165, 1.54) is 4.88 Å². The molecule has 2 rings (SSSR count). The molecule has 0 atom stereocenters. The average molecular weight is 193 g/mol. The summed E-state index contributed by atoms with van der Waals surface area (Å²) in [7, 11) is 2.03. The molecule has 2 aromatic rings. The van der Waals surface area contributed by atoms with E-state index >= 15 is 0 Å². The fraction of sp³-hybridized carbons (Fsp3) is 0.200. The lowest BCUT2D eigenvalue weighted by atomic mass is 10.4. The molecule has 0 saturated heterocycles. The third-order valence-corrected chi connectivity index (χ3v) is 2.72. The third-order valence-electron chi connectivity index (χ3n) is 1.86. The second-order valence-corrected chi connectivity index (χ2v) is 3.92. The van der Waals surface area contributed by atoms with E-state index in [1.807, 2.05) is 19.2 Å². The highest BCUT2D eigenvalue weighted by atomic mass is 32.1. The van der Waals surface area contributed by atoms with Crippen molar-refractivity contribution in [2.75, 3.05) is 11.9 Å². The largest absolute Gasteiger partial charge is 0.449 e. The van der Waals surface area contributed by atoms with Crippen LogP contribution in [0.4, 0.5) is 5.88 Å². The predicted molar refractivity (Wildman–Crippen MR) is 55.1 cm³/mol. The minimum atomic E-state index is 0.908. The van der Waals surface area contributed by atoms with Gasteiger partial charge in [0, 0.05) is 18.0 Å². The second kappa shape index (κ2) is 3.66. The summed E-state index contributed by atoms with van der Waals surface area (Å²) in [4.78, 5) is 3.44. The molecule has 0 amide bonds. The SMILES string of the molecule is CN(Cc1cccs1)c1ccco1. The number of hydrogen-bond donors (Lipinski definition) is 0. The number of furan rings is 1. The van der Waals surface area contributed by atoms with E-state index in [4.69, 9.17) is 4.42 Å². The zero-order valence-corrected chi connectivity index (χ0v) is 8.25. The van der Waals surface area contributed by atoms with Gasteiger partial charge in [0.2, 0.25) is 0 Å². The van der Waals surface area contributed by atoms with Gasteiger partial charge in [-0.15, -0.1) is 11.3 Å². The van der Waals surface area contributed by atoms with Crippen LogP contribution in [0.25, 0.3) is 0 Å². The van der Waals surface area contributed by atoms with Crippen LogP contribution in [0.2, 0.25) is 0 Å². The summed E-state index contributed by atoms with van der Waals surface area (Å²) in [5.74, 6) is 0.911. The van der Waals surface area contributed by atoms with Gasteiger partial charge in [-0.05, 0) is 17.5 Å². The third kappa shape index (κ3) is 1.92. The Bertz CT molecular complexity index is 339. The van der Waals surface area contributed by atoms with Crippen molar-refractivity contribution in [3.05, 3.63) is 40.8 Å². The van der Waals surface area contributed by atoms with Gasteiger partial charge in [-0.1, -0.05) is 6.07 Å². The maximum Gasteiger partial charge on any atom is 0.195 e. The lowest BCUT2D eigenvalue weighted by molar-refractivity contribution is 0.555. The molecule has 0 aromatic carbocycles. The second-order valence-electron chi connectivity index (χ2n) is 2.89. The Hall–Kier alpha value is -1.22. The van der Waals surface area contributed by atoms with Gasteiger partial charge in [-0.2, -0.15) is 0 Å². The van der Waals surface area contributed by atoms with Crippen LogP contribution in [0.1, 0.15) is 4.88 Å². The number of nitrogens with zero attached hydrogens (tertiary/aromatic N) is 1. The maximum absolute atomic E-state index is 5.27. The van der Waals surface area contributed by atoms with Crippen LogP contribution in [0.15, 0.2) is 40.3 Å². The minimum absolute atomic E-state index is 0.908. The van der Waals surface area contributed by atoms with E-state index in [-0.39, 0.29) is 0 Å². The summed E-state index contributed by atoms with van der Waals surface area (Å²) in [6.45, 7) is 0.908. The molecule has 0 fully saturated rings. The molecular weight excluding hydrogens is 182 g/mol. The molecule has 0 aliphatic heterocycles. The maximum atomic E-state index is 5.27. The first-order chi connectivity index (χ1) is 6.36. The number of hydrogen-bond acceptors (Lipinski definition) is 3. The molecule has 0 bridgehead atoms. The molecule has 0 saturated carbocycles. The molecular formula is C10H11NOS. The fourth-order valence-electron chi connectivity index (χ4n) is 1.20. The normalized spacial score (nSPS) is 10.2. The van der Waals surface area contributed by atoms with Crippen LogP contribution in [0, 0.1) is 0 Å². The van der Waals surface area contributed by atoms with E-state index in [2.05, 4.69) is 22.4 Å².